The molecule has 0 aliphatic heterocycles. The smallest absolute Gasteiger partial charge is 0.331 e. The lowest BCUT2D eigenvalue weighted by atomic mass is 9.89. The third kappa shape index (κ3) is 8.12. The van der Waals surface area contributed by atoms with Gasteiger partial charge in [0.2, 0.25) is 0 Å². The summed E-state index contributed by atoms with van der Waals surface area (Å²) in [5, 5.41) is 9.37. The number of aryl methyl sites for hydroxylation is 3. The maximum atomic E-state index is 14.6. The molecule has 1 aliphatic carbocycles. The fraction of sp³-hybridized carbons (Fsp3) is 0.444. The molecule has 0 bridgehead atoms. The summed E-state index contributed by atoms with van der Waals surface area (Å²) in [6.07, 6.45) is 11.9. The Morgan fingerprint density at radius 1 is 0.902 bits per heavy atom. The Labute approximate surface area is 308 Å². The highest BCUT2D eigenvalue weighted by molar-refractivity contribution is 7.99. The van der Waals surface area contributed by atoms with Crippen LogP contribution in [0.1, 0.15) is 123 Å². The molecule has 1 aromatic heterocycles. The van der Waals surface area contributed by atoms with E-state index in [2.05, 4.69) is 85.1 Å². The van der Waals surface area contributed by atoms with Crippen LogP contribution in [0.25, 0.3) is 32.6 Å². The second-order valence-electron chi connectivity index (χ2n) is 14.7. The van der Waals surface area contributed by atoms with Gasteiger partial charge in [-0.05, 0) is 86.4 Å². The maximum Gasteiger partial charge on any atom is 0.331 e. The number of fused-ring (bicyclic) bond motifs is 5. The number of nitrogens with zero attached hydrogens (tertiary/aromatic N) is 2. The van der Waals surface area contributed by atoms with Crippen LogP contribution in [0.15, 0.2) is 65.8 Å². The number of oxime groups is 1. The van der Waals surface area contributed by atoms with Gasteiger partial charge in [0, 0.05) is 63.5 Å². The van der Waals surface area contributed by atoms with E-state index in [9.17, 15) is 9.59 Å². The molecule has 6 rings (SSSR count). The molecule has 4 aromatic carbocycles. The molecule has 5 nitrogen and oxygen atoms in total. The van der Waals surface area contributed by atoms with E-state index in [0.717, 1.165) is 84.9 Å². The molecule has 1 saturated carbocycles. The summed E-state index contributed by atoms with van der Waals surface area (Å²) >= 11 is 2.03. The van der Waals surface area contributed by atoms with Gasteiger partial charge >= 0.3 is 5.97 Å². The van der Waals surface area contributed by atoms with Gasteiger partial charge in [-0.1, -0.05) is 106 Å². The van der Waals surface area contributed by atoms with Crippen LogP contribution in [0.4, 0.5) is 0 Å². The molecular formula is C45H54N2O3S. The van der Waals surface area contributed by atoms with Crippen LogP contribution in [-0.2, 0) is 16.2 Å². The zero-order valence-electron chi connectivity index (χ0n) is 31.4. The molecule has 0 amide bonds. The quantitative estimate of drug-likeness (QED) is 0.0500. The second-order valence-corrected chi connectivity index (χ2v) is 16.1. The van der Waals surface area contributed by atoms with Crippen molar-refractivity contribution in [2.24, 2.45) is 11.1 Å². The molecule has 6 heteroatoms. The Morgan fingerprint density at radius 2 is 1.63 bits per heavy atom. The molecule has 5 aromatic rings. The standard InChI is InChI=1S/C45H54N2O3S/c1-7-9-15-33(8-2)28-47-42-21-20-34(41(46-50-32(6)48)22-23-51-35-16-11-10-12-17-35)26-38(42)39-27-40(36-18-13-14-19-37(36)44(39)47)45(49)43-30(4)24-29(3)25-31(43)5/h13-14,18-21,24-27,33,35H,7-12,15-17,22-23,28H2,1-6H3/b46-41-. The molecule has 1 heterocycles. The number of carbonyl (C=O) groups excluding carboxylic acids is 2. The molecule has 1 aliphatic rings. The van der Waals surface area contributed by atoms with E-state index in [1.54, 1.807) is 0 Å². The van der Waals surface area contributed by atoms with Gasteiger partial charge in [-0.15, -0.1) is 0 Å². The molecule has 51 heavy (non-hydrogen) atoms. The van der Waals surface area contributed by atoms with E-state index in [-0.39, 0.29) is 5.78 Å². The minimum atomic E-state index is -0.417. The van der Waals surface area contributed by atoms with E-state index < -0.39 is 5.97 Å². The van der Waals surface area contributed by atoms with E-state index in [4.69, 9.17) is 4.84 Å². The summed E-state index contributed by atoms with van der Waals surface area (Å²) in [6, 6.07) is 21.4. The molecule has 1 unspecified atom stereocenters. The topological polar surface area (TPSA) is 60.7 Å². The Kier molecular flexibility index (Phi) is 12.0. The molecule has 0 spiro atoms. The SMILES string of the molecule is CCCCC(CC)Cn1c2ccc(/C(CCSC3CCCCC3)=N\OC(C)=O)cc2c2cc(C(=O)c3c(C)cc(C)cc3C)c3ccccc3c21. The number of ketones is 1. The first kappa shape index (κ1) is 36.9. The highest BCUT2D eigenvalue weighted by atomic mass is 32.2. The van der Waals surface area contributed by atoms with Crippen molar-refractivity contribution >= 4 is 61.8 Å². The van der Waals surface area contributed by atoms with Crippen molar-refractivity contribution in [2.45, 2.75) is 118 Å². The highest BCUT2D eigenvalue weighted by Gasteiger charge is 2.24. The first-order chi connectivity index (χ1) is 24.7. The summed E-state index contributed by atoms with van der Waals surface area (Å²) in [5.74, 6) is 1.11. The summed E-state index contributed by atoms with van der Waals surface area (Å²) in [4.78, 5) is 31.9. The van der Waals surface area contributed by atoms with Crippen molar-refractivity contribution in [1.82, 2.24) is 4.57 Å². The van der Waals surface area contributed by atoms with E-state index >= 15 is 0 Å². The molecule has 0 N–H and O–H groups in total. The van der Waals surface area contributed by atoms with Crippen LogP contribution < -0.4 is 0 Å². The summed E-state index contributed by atoms with van der Waals surface area (Å²) in [6.45, 7) is 13.1. The van der Waals surface area contributed by atoms with Crippen molar-refractivity contribution in [2.75, 3.05) is 5.75 Å². The van der Waals surface area contributed by atoms with Crippen molar-refractivity contribution in [3.05, 3.63) is 94.0 Å². The van der Waals surface area contributed by atoms with Gasteiger partial charge in [-0.2, -0.15) is 11.8 Å². The Morgan fingerprint density at radius 3 is 2.31 bits per heavy atom. The lowest BCUT2D eigenvalue weighted by molar-refractivity contribution is -0.140. The van der Waals surface area contributed by atoms with Crippen LogP contribution in [0.2, 0.25) is 0 Å². The summed E-state index contributed by atoms with van der Waals surface area (Å²) in [5.41, 5.74) is 8.76. The molecular weight excluding hydrogens is 649 g/mol. The monoisotopic (exact) mass is 702 g/mol. The van der Waals surface area contributed by atoms with Crippen molar-refractivity contribution < 1.29 is 14.4 Å². The van der Waals surface area contributed by atoms with E-state index in [1.807, 2.05) is 31.7 Å². The predicted molar refractivity (Wildman–Crippen MR) is 217 cm³/mol. The average molecular weight is 703 g/mol. The number of thioether (sulfide) groups is 1. The lowest BCUT2D eigenvalue weighted by Crippen LogP contribution is -2.11. The zero-order chi connectivity index (χ0) is 36.1. The van der Waals surface area contributed by atoms with Crippen molar-refractivity contribution in [3.63, 3.8) is 0 Å². The molecule has 1 fully saturated rings. The molecule has 268 valence electrons. The number of benzene rings is 4. The Hall–Kier alpha value is -3.90. The maximum absolute atomic E-state index is 14.6. The van der Waals surface area contributed by atoms with Crippen molar-refractivity contribution in [1.29, 1.82) is 0 Å². The van der Waals surface area contributed by atoms with Gasteiger partial charge in [-0.25, -0.2) is 4.79 Å². The van der Waals surface area contributed by atoms with Crippen LogP contribution in [0, 0.1) is 26.7 Å². The Balaban J connectivity index is 1.54. The van der Waals surface area contributed by atoms with Gasteiger partial charge in [0.15, 0.2) is 5.78 Å². The van der Waals surface area contributed by atoms with Crippen LogP contribution >= 0.6 is 11.8 Å². The average Bonchev–Trinajstić information content (AvgIpc) is 3.43. The second kappa shape index (κ2) is 16.6. The van der Waals surface area contributed by atoms with Gasteiger partial charge in [0.25, 0.3) is 0 Å². The number of rotatable bonds is 14. The molecule has 1 atom stereocenters. The highest BCUT2D eigenvalue weighted by Crippen LogP contribution is 2.39. The third-order valence-electron chi connectivity index (χ3n) is 10.9. The summed E-state index contributed by atoms with van der Waals surface area (Å²) in [7, 11) is 0. The third-order valence-corrected chi connectivity index (χ3v) is 12.2. The number of aromatic nitrogens is 1. The lowest BCUT2D eigenvalue weighted by Gasteiger charge is -2.21. The summed E-state index contributed by atoms with van der Waals surface area (Å²) < 4.78 is 2.51. The van der Waals surface area contributed by atoms with Gasteiger partial charge in [0.1, 0.15) is 0 Å². The van der Waals surface area contributed by atoms with Gasteiger partial charge in [-0.3, -0.25) is 4.79 Å². The van der Waals surface area contributed by atoms with Crippen LogP contribution in [0.5, 0.6) is 0 Å². The van der Waals surface area contributed by atoms with Crippen molar-refractivity contribution in [3.8, 4) is 0 Å². The number of unbranched alkanes of at least 4 members (excludes halogenated alkanes) is 1. The van der Waals surface area contributed by atoms with Crippen LogP contribution in [-0.4, -0.2) is 33.0 Å². The zero-order valence-corrected chi connectivity index (χ0v) is 32.3. The number of hydrogen-bond donors (Lipinski definition) is 0. The predicted octanol–water partition coefficient (Wildman–Crippen LogP) is 12.0. The normalized spacial score (nSPS) is 14.8. The van der Waals surface area contributed by atoms with E-state index in [1.165, 1.54) is 63.8 Å². The largest absolute Gasteiger partial charge is 0.340 e. The minimum absolute atomic E-state index is 0.0615. The van der Waals surface area contributed by atoms with Gasteiger partial charge < -0.3 is 9.40 Å². The fourth-order valence-corrected chi connectivity index (χ4v) is 9.60. The first-order valence-corrected chi connectivity index (χ1v) is 20.2. The molecule has 0 radical (unpaired) electrons. The fourth-order valence-electron chi connectivity index (χ4n) is 8.29. The van der Waals surface area contributed by atoms with Gasteiger partial charge in [0.05, 0.1) is 11.2 Å². The minimum Gasteiger partial charge on any atom is -0.340 e. The number of hydrogen-bond acceptors (Lipinski definition) is 5. The van der Waals surface area contributed by atoms with Crippen LogP contribution in [0.3, 0.4) is 0 Å². The van der Waals surface area contributed by atoms with E-state index in [0.29, 0.717) is 17.6 Å². The molecule has 0 saturated heterocycles. The Bertz CT molecular complexity index is 2060. The first-order valence-electron chi connectivity index (χ1n) is 19.2. The number of carbonyl (C=O) groups is 2.